The molecule has 0 amide bonds. The highest BCUT2D eigenvalue weighted by Crippen LogP contribution is 2.35. The lowest BCUT2D eigenvalue weighted by Crippen LogP contribution is -2.04. The number of carbonyl (C=O) groups excluding carboxylic acids is 1. The quantitative estimate of drug-likeness (QED) is 0.427. The largest absolute Gasteiger partial charge is 0.307 e. The number of carbonyl (C=O) groups is 1. The number of ketones is 1. The molecule has 0 atom stereocenters. The van der Waals surface area contributed by atoms with Crippen LogP contribution in [0.15, 0.2) is 83.5 Å². The molecule has 2 aromatic heterocycles. The van der Waals surface area contributed by atoms with E-state index < -0.39 is 0 Å². The van der Waals surface area contributed by atoms with E-state index in [-0.39, 0.29) is 5.78 Å². The van der Waals surface area contributed by atoms with Gasteiger partial charge in [-0.25, -0.2) is 0 Å². The third-order valence-corrected chi connectivity index (χ3v) is 4.82. The van der Waals surface area contributed by atoms with Crippen LogP contribution in [0, 0.1) is 11.3 Å². The number of nitrogens with zero attached hydrogens (tertiary/aromatic N) is 2. The molecule has 0 radical (unpaired) electrons. The molecule has 4 heteroatoms. The van der Waals surface area contributed by atoms with Gasteiger partial charge in [-0.15, -0.1) is 0 Å². The van der Waals surface area contributed by atoms with E-state index in [9.17, 15) is 10.1 Å². The normalized spacial score (nSPS) is 10.6. The third-order valence-electron chi connectivity index (χ3n) is 4.33. The van der Waals surface area contributed by atoms with Crippen LogP contribution in [-0.2, 0) is 0 Å². The van der Waals surface area contributed by atoms with Crippen molar-refractivity contribution in [2.75, 3.05) is 0 Å². The highest BCUT2D eigenvalue weighted by Gasteiger charge is 2.25. The fourth-order valence-corrected chi connectivity index (χ4v) is 3.61. The maximum absolute atomic E-state index is 13.3. The van der Waals surface area contributed by atoms with Gasteiger partial charge in [0, 0.05) is 21.8 Å². The fourth-order valence-electron chi connectivity index (χ4n) is 3.21. The van der Waals surface area contributed by atoms with Gasteiger partial charge in [0.05, 0.1) is 11.1 Å². The summed E-state index contributed by atoms with van der Waals surface area (Å²) in [6.07, 6.45) is 1.82. The second-order valence-electron chi connectivity index (χ2n) is 5.87. The number of rotatable bonds is 3. The van der Waals surface area contributed by atoms with Crippen LogP contribution >= 0.6 is 15.9 Å². The second-order valence-corrected chi connectivity index (χ2v) is 6.79. The van der Waals surface area contributed by atoms with Crippen LogP contribution in [0.25, 0.3) is 16.6 Å². The molecule has 2 heterocycles. The van der Waals surface area contributed by atoms with Gasteiger partial charge in [0.25, 0.3) is 0 Å². The van der Waals surface area contributed by atoms with Gasteiger partial charge in [0.15, 0.2) is 5.78 Å². The number of fused-ring (bicyclic) bond motifs is 1. The zero-order chi connectivity index (χ0) is 18.1. The molecule has 4 rings (SSSR count). The lowest BCUT2D eigenvalue weighted by molar-refractivity contribution is 0.103. The molecule has 0 saturated carbocycles. The van der Waals surface area contributed by atoms with E-state index in [1.807, 2.05) is 66.9 Å². The Morgan fingerprint density at radius 3 is 2.46 bits per heavy atom. The average molecular weight is 401 g/mol. The summed E-state index contributed by atoms with van der Waals surface area (Å²) in [4.78, 5) is 13.3. The Balaban J connectivity index is 2.10. The molecule has 0 N–H and O–H groups in total. The minimum atomic E-state index is -0.152. The molecule has 0 fully saturated rings. The summed E-state index contributed by atoms with van der Waals surface area (Å²) in [5.74, 6) is -0.152. The molecule has 0 aliphatic carbocycles. The monoisotopic (exact) mass is 400 g/mol. The average Bonchev–Trinajstić information content (AvgIpc) is 3.02. The Hall–Kier alpha value is -3.16. The van der Waals surface area contributed by atoms with E-state index in [1.54, 1.807) is 16.5 Å². The first-order valence-corrected chi connectivity index (χ1v) is 8.89. The van der Waals surface area contributed by atoms with Gasteiger partial charge in [-0.1, -0.05) is 64.5 Å². The van der Waals surface area contributed by atoms with Gasteiger partial charge in [-0.2, -0.15) is 5.26 Å². The molecular formula is C22H13BrN2O. The van der Waals surface area contributed by atoms with E-state index in [0.717, 1.165) is 21.1 Å². The van der Waals surface area contributed by atoms with Crippen LogP contribution in [0.4, 0.5) is 0 Å². The van der Waals surface area contributed by atoms with Crippen LogP contribution < -0.4 is 0 Å². The highest BCUT2D eigenvalue weighted by atomic mass is 79.9. The minimum Gasteiger partial charge on any atom is -0.307 e. The van der Waals surface area contributed by atoms with Gasteiger partial charge >= 0.3 is 0 Å². The van der Waals surface area contributed by atoms with E-state index in [2.05, 4.69) is 22.0 Å². The molecule has 2 aromatic carbocycles. The lowest BCUT2D eigenvalue weighted by atomic mass is 9.95. The molecule has 0 spiro atoms. The van der Waals surface area contributed by atoms with E-state index >= 15 is 0 Å². The number of hydrogen-bond acceptors (Lipinski definition) is 2. The Morgan fingerprint density at radius 1 is 0.962 bits per heavy atom. The Morgan fingerprint density at radius 2 is 1.73 bits per heavy atom. The SMILES string of the molecule is N#Cc1c(C(=O)c2ccccc2)c(-c2cccc(Br)c2)c2ccccn12. The Kier molecular flexibility index (Phi) is 4.16. The van der Waals surface area contributed by atoms with E-state index in [0.29, 0.717) is 16.8 Å². The zero-order valence-corrected chi connectivity index (χ0v) is 15.3. The van der Waals surface area contributed by atoms with Gasteiger partial charge in [0.1, 0.15) is 11.8 Å². The number of aromatic nitrogens is 1. The Bertz CT molecular complexity index is 1170. The maximum Gasteiger partial charge on any atom is 0.196 e. The number of hydrogen-bond donors (Lipinski definition) is 0. The summed E-state index contributed by atoms with van der Waals surface area (Å²) in [7, 11) is 0. The van der Waals surface area contributed by atoms with Gasteiger partial charge in [0.2, 0.25) is 0 Å². The minimum absolute atomic E-state index is 0.152. The van der Waals surface area contributed by atoms with Crippen LogP contribution in [-0.4, -0.2) is 10.2 Å². The van der Waals surface area contributed by atoms with Crippen molar-refractivity contribution >= 4 is 27.2 Å². The number of nitriles is 1. The van der Waals surface area contributed by atoms with Crippen LogP contribution in [0.2, 0.25) is 0 Å². The van der Waals surface area contributed by atoms with Crippen molar-refractivity contribution in [1.29, 1.82) is 5.26 Å². The van der Waals surface area contributed by atoms with Crippen molar-refractivity contribution in [3.8, 4) is 17.2 Å². The number of halogens is 1. The summed E-state index contributed by atoms with van der Waals surface area (Å²) in [6, 6.07) is 24.8. The first-order chi connectivity index (χ1) is 12.7. The molecule has 0 aliphatic heterocycles. The maximum atomic E-state index is 13.3. The predicted molar refractivity (Wildman–Crippen MR) is 105 cm³/mol. The smallest absolute Gasteiger partial charge is 0.196 e. The molecule has 3 nitrogen and oxygen atoms in total. The number of pyridine rings is 1. The van der Waals surface area contributed by atoms with Crippen molar-refractivity contribution in [3.05, 3.63) is 100 Å². The molecule has 0 bridgehead atoms. The van der Waals surface area contributed by atoms with Crippen LogP contribution in [0.3, 0.4) is 0 Å². The van der Waals surface area contributed by atoms with Crippen LogP contribution in [0.5, 0.6) is 0 Å². The summed E-state index contributed by atoms with van der Waals surface area (Å²) in [5.41, 5.74) is 3.85. The summed E-state index contributed by atoms with van der Waals surface area (Å²) >= 11 is 3.50. The first kappa shape index (κ1) is 16.3. The summed E-state index contributed by atoms with van der Waals surface area (Å²) in [6.45, 7) is 0. The fraction of sp³-hybridized carbons (Fsp3) is 0. The van der Waals surface area contributed by atoms with Crippen molar-refractivity contribution in [1.82, 2.24) is 4.40 Å². The molecule has 4 aromatic rings. The van der Waals surface area contributed by atoms with E-state index in [1.165, 1.54) is 0 Å². The van der Waals surface area contributed by atoms with Gasteiger partial charge in [-0.3, -0.25) is 4.79 Å². The standard InChI is InChI=1S/C22H13BrN2O/c23-17-10-6-9-16(13-17)20-18-11-4-5-12-25(18)19(14-24)21(20)22(26)15-7-2-1-3-8-15/h1-13H. The van der Waals surface area contributed by atoms with Crippen LogP contribution in [0.1, 0.15) is 21.6 Å². The highest BCUT2D eigenvalue weighted by molar-refractivity contribution is 9.10. The summed E-state index contributed by atoms with van der Waals surface area (Å²) in [5, 5.41) is 9.79. The summed E-state index contributed by atoms with van der Waals surface area (Å²) < 4.78 is 2.70. The zero-order valence-electron chi connectivity index (χ0n) is 13.7. The van der Waals surface area contributed by atoms with Gasteiger partial charge in [-0.05, 0) is 29.8 Å². The molecule has 0 saturated heterocycles. The molecule has 124 valence electrons. The van der Waals surface area contributed by atoms with Crippen molar-refractivity contribution in [3.63, 3.8) is 0 Å². The van der Waals surface area contributed by atoms with Gasteiger partial charge < -0.3 is 4.40 Å². The van der Waals surface area contributed by atoms with Crippen molar-refractivity contribution in [2.24, 2.45) is 0 Å². The Labute approximate surface area is 159 Å². The van der Waals surface area contributed by atoms with Crippen molar-refractivity contribution < 1.29 is 4.79 Å². The first-order valence-electron chi connectivity index (χ1n) is 8.09. The number of benzene rings is 2. The topological polar surface area (TPSA) is 45.3 Å². The molecule has 0 aliphatic rings. The molecule has 0 unspecified atom stereocenters. The molecule has 26 heavy (non-hydrogen) atoms. The predicted octanol–water partition coefficient (Wildman–Crippen LogP) is 5.47. The lowest BCUT2D eigenvalue weighted by Gasteiger charge is -2.06. The van der Waals surface area contributed by atoms with Crippen molar-refractivity contribution in [2.45, 2.75) is 0 Å². The second kappa shape index (κ2) is 6.62. The van der Waals surface area contributed by atoms with E-state index in [4.69, 9.17) is 0 Å². The third kappa shape index (κ3) is 2.63. The molecular weight excluding hydrogens is 388 g/mol.